The molecule has 4 saturated carbocycles. The number of aliphatic hydroxyl groups is 3. The lowest BCUT2D eigenvalue weighted by atomic mass is 9.33. The molecule has 0 aromatic carbocycles. The van der Waals surface area contributed by atoms with E-state index in [9.17, 15) is 35.1 Å². The Bertz CT molecular complexity index is 1050. The van der Waals surface area contributed by atoms with Crippen molar-refractivity contribution in [3.8, 4) is 0 Å². The Labute approximate surface area is 220 Å². The van der Waals surface area contributed by atoms with E-state index >= 15 is 0 Å². The van der Waals surface area contributed by atoms with Crippen molar-refractivity contribution in [2.45, 2.75) is 111 Å². The van der Waals surface area contributed by atoms with Gasteiger partial charge >= 0.3 is 11.9 Å². The van der Waals surface area contributed by atoms with Crippen LogP contribution in [0.4, 0.5) is 0 Å². The average molecular weight is 519 g/mol. The molecule has 0 radical (unpaired) electrons. The van der Waals surface area contributed by atoms with Crippen LogP contribution < -0.4 is 0 Å². The van der Waals surface area contributed by atoms with Gasteiger partial charge in [-0.05, 0) is 99.2 Å². The number of aliphatic hydroxyl groups excluding tert-OH is 2. The van der Waals surface area contributed by atoms with Crippen LogP contribution >= 0.6 is 0 Å². The fourth-order valence-corrected chi connectivity index (χ4v) is 10.9. The van der Waals surface area contributed by atoms with E-state index < -0.39 is 51.9 Å². The first-order valence-electron chi connectivity index (χ1n) is 14.2. The van der Waals surface area contributed by atoms with Gasteiger partial charge in [-0.15, -0.1) is 0 Å². The summed E-state index contributed by atoms with van der Waals surface area (Å²) in [5.74, 6) is -2.57. The number of aliphatic carboxylic acids is 2. The van der Waals surface area contributed by atoms with Crippen LogP contribution in [-0.4, -0.2) is 55.3 Å². The van der Waals surface area contributed by atoms with Crippen molar-refractivity contribution >= 4 is 11.9 Å². The molecule has 0 saturated heterocycles. The first kappa shape index (κ1) is 27.1. The van der Waals surface area contributed by atoms with Crippen LogP contribution in [0.5, 0.6) is 0 Å². The molecule has 37 heavy (non-hydrogen) atoms. The van der Waals surface area contributed by atoms with Crippen molar-refractivity contribution in [2.24, 2.45) is 50.7 Å². The Kier molecular flexibility index (Phi) is 5.73. The molecule has 12 atom stereocenters. The minimum Gasteiger partial charge on any atom is -0.481 e. The molecule has 7 nitrogen and oxygen atoms in total. The van der Waals surface area contributed by atoms with Gasteiger partial charge < -0.3 is 25.5 Å². The Morgan fingerprint density at radius 1 is 0.892 bits per heavy atom. The lowest BCUT2D eigenvalue weighted by Gasteiger charge is -2.71. The van der Waals surface area contributed by atoms with Gasteiger partial charge in [-0.2, -0.15) is 0 Å². The number of hydrogen-bond acceptors (Lipinski definition) is 5. The molecule has 4 fully saturated rings. The van der Waals surface area contributed by atoms with E-state index in [2.05, 4.69) is 26.8 Å². The third-order valence-corrected chi connectivity index (χ3v) is 13.6. The third kappa shape index (κ3) is 3.00. The maximum absolute atomic E-state index is 12.8. The van der Waals surface area contributed by atoms with Gasteiger partial charge in [0.15, 0.2) is 0 Å². The van der Waals surface area contributed by atoms with Gasteiger partial charge in [-0.25, -0.2) is 0 Å². The van der Waals surface area contributed by atoms with Gasteiger partial charge in [-0.3, -0.25) is 9.59 Å². The lowest BCUT2D eigenvalue weighted by Crippen LogP contribution is -2.70. The van der Waals surface area contributed by atoms with E-state index in [1.165, 1.54) is 0 Å². The Morgan fingerprint density at radius 2 is 1.54 bits per heavy atom. The predicted octanol–water partition coefficient (Wildman–Crippen LogP) is 4.24. The van der Waals surface area contributed by atoms with E-state index in [4.69, 9.17) is 0 Å². The highest BCUT2D eigenvalue weighted by Gasteiger charge is 2.73. The Morgan fingerprint density at radius 3 is 2.14 bits per heavy atom. The van der Waals surface area contributed by atoms with Gasteiger partial charge in [-0.1, -0.05) is 39.3 Å². The molecule has 0 aliphatic heterocycles. The van der Waals surface area contributed by atoms with Gasteiger partial charge in [0, 0.05) is 5.92 Å². The highest BCUT2D eigenvalue weighted by atomic mass is 16.4. The molecular weight excluding hydrogens is 472 g/mol. The van der Waals surface area contributed by atoms with Crippen molar-refractivity contribution in [2.75, 3.05) is 0 Å². The third-order valence-electron chi connectivity index (χ3n) is 13.6. The average Bonchev–Trinajstić information content (AvgIpc) is 2.80. The highest BCUT2D eigenvalue weighted by molar-refractivity contribution is 5.77. The number of carbonyl (C=O) groups is 2. The Balaban J connectivity index is 1.66. The maximum Gasteiger partial charge on any atom is 0.312 e. The van der Waals surface area contributed by atoms with Gasteiger partial charge in [0.25, 0.3) is 0 Å². The SMILES string of the molecule is C[C@@H]1CC[C@]2(C(=O)O)CC[C@]3(C)C(=CCC4[C@@]5(C)C[C@@H](O)[C@@H](O)[C@](C)(C(=O)O)C5CC[C@]43C)[C@@H]2[C@]1(C)O. The lowest BCUT2D eigenvalue weighted by molar-refractivity contribution is -0.243. The molecule has 0 amide bonds. The van der Waals surface area contributed by atoms with Crippen LogP contribution in [0.25, 0.3) is 0 Å². The molecule has 5 rings (SSSR count). The topological polar surface area (TPSA) is 135 Å². The monoisotopic (exact) mass is 518 g/mol. The van der Waals surface area contributed by atoms with E-state index in [0.29, 0.717) is 44.9 Å². The molecule has 208 valence electrons. The highest BCUT2D eigenvalue weighted by Crippen LogP contribution is 2.76. The van der Waals surface area contributed by atoms with Crippen LogP contribution in [0.15, 0.2) is 11.6 Å². The fourth-order valence-electron chi connectivity index (χ4n) is 10.9. The van der Waals surface area contributed by atoms with Crippen molar-refractivity contribution in [3.63, 3.8) is 0 Å². The number of rotatable bonds is 2. The van der Waals surface area contributed by atoms with Crippen LogP contribution in [-0.2, 0) is 9.59 Å². The number of fused-ring (bicyclic) bond motifs is 7. The number of hydrogen-bond donors (Lipinski definition) is 5. The van der Waals surface area contributed by atoms with E-state index in [1.54, 1.807) is 6.92 Å². The molecule has 7 heteroatoms. The summed E-state index contributed by atoms with van der Waals surface area (Å²) < 4.78 is 0. The van der Waals surface area contributed by atoms with Crippen LogP contribution in [0.2, 0.25) is 0 Å². The molecule has 0 aromatic rings. The fraction of sp³-hybridized carbons (Fsp3) is 0.867. The van der Waals surface area contributed by atoms with E-state index in [0.717, 1.165) is 12.0 Å². The minimum absolute atomic E-state index is 0.0155. The van der Waals surface area contributed by atoms with Crippen LogP contribution in [0.1, 0.15) is 92.9 Å². The van der Waals surface area contributed by atoms with E-state index in [1.807, 2.05) is 13.8 Å². The molecule has 2 unspecified atom stereocenters. The second-order valence-electron chi connectivity index (χ2n) is 14.7. The largest absolute Gasteiger partial charge is 0.481 e. The summed E-state index contributed by atoms with van der Waals surface area (Å²) in [5, 5.41) is 54.5. The van der Waals surface area contributed by atoms with Crippen molar-refractivity contribution < 1.29 is 35.1 Å². The summed E-state index contributed by atoms with van der Waals surface area (Å²) in [5.41, 5.74) is -3.59. The van der Waals surface area contributed by atoms with Gasteiger partial charge in [0.1, 0.15) is 0 Å². The summed E-state index contributed by atoms with van der Waals surface area (Å²) in [6.45, 7) is 12.1. The van der Waals surface area contributed by atoms with Crippen LogP contribution in [0, 0.1) is 50.7 Å². The second kappa shape index (κ2) is 7.82. The van der Waals surface area contributed by atoms with Crippen molar-refractivity contribution in [1.82, 2.24) is 0 Å². The Hall–Kier alpha value is -1.44. The van der Waals surface area contributed by atoms with Crippen LogP contribution in [0.3, 0.4) is 0 Å². The number of carboxylic acid groups (broad SMARTS) is 2. The molecule has 0 aromatic heterocycles. The normalized spacial score (nSPS) is 57.2. The minimum atomic E-state index is -1.44. The summed E-state index contributed by atoms with van der Waals surface area (Å²) in [7, 11) is 0. The first-order chi connectivity index (χ1) is 16.9. The van der Waals surface area contributed by atoms with Gasteiger partial charge in [0.2, 0.25) is 0 Å². The van der Waals surface area contributed by atoms with Gasteiger partial charge in [0.05, 0.1) is 28.6 Å². The molecule has 5 aliphatic rings. The molecular formula is C30H46O7. The summed E-state index contributed by atoms with van der Waals surface area (Å²) >= 11 is 0. The maximum atomic E-state index is 12.8. The molecule has 0 heterocycles. The zero-order valence-electron chi connectivity index (χ0n) is 23.3. The number of allylic oxidation sites excluding steroid dienone is 1. The summed E-state index contributed by atoms with van der Waals surface area (Å²) in [6.07, 6.45) is 4.64. The summed E-state index contributed by atoms with van der Waals surface area (Å²) in [6, 6.07) is 0. The predicted molar refractivity (Wildman–Crippen MR) is 137 cm³/mol. The van der Waals surface area contributed by atoms with Crippen molar-refractivity contribution in [1.29, 1.82) is 0 Å². The molecule has 0 bridgehead atoms. The zero-order valence-corrected chi connectivity index (χ0v) is 23.3. The molecule has 5 aliphatic carbocycles. The zero-order chi connectivity index (χ0) is 27.6. The number of carboxylic acids is 2. The summed E-state index contributed by atoms with van der Waals surface area (Å²) in [4.78, 5) is 25.4. The molecule has 5 N–H and O–H groups in total. The molecule has 0 spiro atoms. The smallest absolute Gasteiger partial charge is 0.312 e. The van der Waals surface area contributed by atoms with E-state index in [-0.39, 0.29) is 28.6 Å². The quantitative estimate of drug-likeness (QED) is 0.345. The first-order valence-corrected chi connectivity index (χ1v) is 14.2. The van der Waals surface area contributed by atoms with Crippen molar-refractivity contribution in [3.05, 3.63) is 11.6 Å². The standard InChI is InChI=1S/C30H46O7/c1-16-9-12-30(24(35)36)14-13-26(3)17(21(30)29(16,6)37)7-8-19-25(2)15-18(31)22(32)28(5,23(33)34)20(25)10-11-27(19,26)4/h7,16,18-22,31-32,37H,8-15H2,1-6H3,(H,33,34)(H,35,36)/t16-,18-,19?,20?,21-,22-,25-,26-,27-,28-,29-,30+/m1/s1. The second-order valence-corrected chi connectivity index (χ2v) is 14.7.